The molecule has 0 spiro atoms. The topological polar surface area (TPSA) is 47.6 Å². The third-order valence-electron chi connectivity index (χ3n) is 3.40. The van der Waals surface area contributed by atoms with E-state index in [0.717, 1.165) is 16.7 Å². The third-order valence-corrected chi connectivity index (χ3v) is 3.40. The first-order valence-corrected chi connectivity index (χ1v) is 6.94. The van der Waals surface area contributed by atoms with E-state index in [1.165, 1.54) is 0 Å². The molecule has 1 aromatic carbocycles. The predicted molar refractivity (Wildman–Crippen MR) is 79.8 cm³/mol. The molecule has 112 valence electrons. The van der Waals surface area contributed by atoms with E-state index >= 15 is 0 Å². The third kappa shape index (κ3) is 3.81. The summed E-state index contributed by atoms with van der Waals surface area (Å²) in [5, 5.41) is 3.27. The van der Waals surface area contributed by atoms with Crippen molar-refractivity contribution in [2.45, 2.75) is 33.2 Å². The van der Waals surface area contributed by atoms with Crippen molar-refractivity contribution in [3.05, 3.63) is 34.9 Å². The van der Waals surface area contributed by atoms with Gasteiger partial charge in [-0.05, 0) is 38.8 Å². The number of methoxy groups -OCH3 is 1. The van der Waals surface area contributed by atoms with Gasteiger partial charge in [0.1, 0.15) is 5.54 Å². The first-order chi connectivity index (χ1) is 9.45. The molecule has 1 unspecified atom stereocenters. The van der Waals surface area contributed by atoms with E-state index in [-0.39, 0.29) is 5.97 Å². The monoisotopic (exact) mass is 279 g/mol. The zero-order valence-corrected chi connectivity index (χ0v) is 13.1. The van der Waals surface area contributed by atoms with Gasteiger partial charge in [0.2, 0.25) is 0 Å². The summed E-state index contributed by atoms with van der Waals surface area (Å²) in [6.45, 7) is 9.19. The van der Waals surface area contributed by atoms with E-state index in [1.54, 1.807) is 7.11 Å². The van der Waals surface area contributed by atoms with Crippen LogP contribution in [0.3, 0.4) is 0 Å². The number of hydrogen-bond acceptors (Lipinski definition) is 4. The van der Waals surface area contributed by atoms with E-state index in [2.05, 4.69) is 5.32 Å². The van der Waals surface area contributed by atoms with Crippen LogP contribution in [0, 0.1) is 13.8 Å². The summed E-state index contributed by atoms with van der Waals surface area (Å²) in [4.78, 5) is 12.4. The molecule has 0 aliphatic heterocycles. The standard InChI is InChI=1S/C16H25NO3/c1-6-20-15(18)16(4,17-9-10-19-5)14-11-12(2)7-8-13(14)3/h7-8,11,17H,6,9-10H2,1-5H3. The van der Waals surface area contributed by atoms with Crippen molar-refractivity contribution in [1.29, 1.82) is 0 Å². The molecule has 0 amide bonds. The molecule has 0 bridgehead atoms. The molecule has 0 saturated heterocycles. The van der Waals surface area contributed by atoms with E-state index in [0.29, 0.717) is 19.8 Å². The summed E-state index contributed by atoms with van der Waals surface area (Å²) in [6.07, 6.45) is 0. The Morgan fingerprint density at radius 3 is 2.65 bits per heavy atom. The minimum absolute atomic E-state index is 0.259. The first-order valence-electron chi connectivity index (χ1n) is 6.94. The van der Waals surface area contributed by atoms with Gasteiger partial charge in [-0.15, -0.1) is 0 Å². The molecule has 0 aromatic heterocycles. The Kier molecular flexibility index (Phi) is 6.17. The molecule has 0 aliphatic rings. The fourth-order valence-corrected chi connectivity index (χ4v) is 2.23. The van der Waals surface area contributed by atoms with Gasteiger partial charge >= 0.3 is 5.97 Å². The second-order valence-corrected chi connectivity index (χ2v) is 5.08. The largest absolute Gasteiger partial charge is 0.464 e. The fraction of sp³-hybridized carbons (Fsp3) is 0.562. The summed E-state index contributed by atoms with van der Waals surface area (Å²) in [5.74, 6) is -0.259. The lowest BCUT2D eigenvalue weighted by Crippen LogP contribution is -2.49. The Balaban J connectivity index is 3.14. The molecule has 0 saturated carbocycles. The molecule has 20 heavy (non-hydrogen) atoms. The normalized spacial score (nSPS) is 13.8. The minimum Gasteiger partial charge on any atom is -0.464 e. The molecule has 0 aliphatic carbocycles. The van der Waals surface area contributed by atoms with Crippen LogP contribution in [0.25, 0.3) is 0 Å². The molecule has 1 rings (SSSR count). The van der Waals surface area contributed by atoms with Gasteiger partial charge in [-0.3, -0.25) is 5.32 Å². The minimum atomic E-state index is -0.857. The highest BCUT2D eigenvalue weighted by atomic mass is 16.5. The van der Waals surface area contributed by atoms with Crippen LogP contribution in [0.4, 0.5) is 0 Å². The van der Waals surface area contributed by atoms with Gasteiger partial charge in [0.25, 0.3) is 0 Å². The van der Waals surface area contributed by atoms with Gasteiger partial charge in [-0.1, -0.05) is 23.8 Å². The van der Waals surface area contributed by atoms with Crippen molar-refractivity contribution >= 4 is 5.97 Å². The summed E-state index contributed by atoms with van der Waals surface area (Å²) >= 11 is 0. The van der Waals surface area contributed by atoms with E-state index in [1.807, 2.05) is 45.9 Å². The number of aryl methyl sites for hydroxylation is 2. The number of carbonyl (C=O) groups excluding carboxylic acids is 1. The quantitative estimate of drug-likeness (QED) is 0.614. The van der Waals surface area contributed by atoms with Crippen molar-refractivity contribution < 1.29 is 14.3 Å². The van der Waals surface area contributed by atoms with Crippen LogP contribution in [0.5, 0.6) is 0 Å². The van der Waals surface area contributed by atoms with Crippen LogP contribution >= 0.6 is 0 Å². The van der Waals surface area contributed by atoms with Gasteiger partial charge in [0.15, 0.2) is 0 Å². The van der Waals surface area contributed by atoms with Gasteiger partial charge in [0, 0.05) is 13.7 Å². The maximum atomic E-state index is 12.4. The van der Waals surface area contributed by atoms with Crippen molar-refractivity contribution in [3.8, 4) is 0 Å². The Bertz CT molecular complexity index is 459. The van der Waals surface area contributed by atoms with Gasteiger partial charge < -0.3 is 9.47 Å². The lowest BCUT2D eigenvalue weighted by atomic mass is 9.87. The summed E-state index contributed by atoms with van der Waals surface area (Å²) in [6, 6.07) is 6.10. The van der Waals surface area contributed by atoms with Crippen LogP contribution in [0.1, 0.15) is 30.5 Å². The van der Waals surface area contributed by atoms with Gasteiger partial charge in [-0.2, -0.15) is 0 Å². The molecule has 4 heteroatoms. The van der Waals surface area contributed by atoms with E-state index < -0.39 is 5.54 Å². The van der Waals surface area contributed by atoms with Gasteiger partial charge in [0.05, 0.1) is 13.2 Å². The number of ether oxygens (including phenoxy) is 2. The number of esters is 1. The zero-order valence-electron chi connectivity index (χ0n) is 13.1. The Morgan fingerprint density at radius 2 is 2.05 bits per heavy atom. The highest BCUT2D eigenvalue weighted by molar-refractivity contribution is 5.82. The Labute approximate surface area is 121 Å². The Morgan fingerprint density at radius 1 is 1.35 bits per heavy atom. The molecule has 1 aromatic rings. The van der Waals surface area contributed by atoms with Crippen molar-refractivity contribution in [2.24, 2.45) is 0 Å². The summed E-state index contributed by atoms with van der Waals surface area (Å²) in [7, 11) is 1.64. The first kappa shape index (κ1) is 16.7. The number of hydrogen-bond donors (Lipinski definition) is 1. The van der Waals surface area contributed by atoms with Crippen molar-refractivity contribution in [2.75, 3.05) is 26.9 Å². The molecular formula is C16H25NO3. The van der Waals surface area contributed by atoms with Crippen LogP contribution in [-0.4, -0.2) is 32.8 Å². The molecule has 4 nitrogen and oxygen atoms in total. The lowest BCUT2D eigenvalue weighted by molar-refractivity contribution is -0.151. The van der Waals surface area contributed by atoms with Crippen LogP contribution in [0.15, 0.2) is 18.2 Å². The second kappa shape index (κ2) is 7.41. The number of carbonyl (C=O) groups is 1. The number of rotatable bonds is 7. The molecule has 0 heterocycles. The van der Waals surface area contributed by atoms with E-state index in [4.69, 9.17) is 9.47 Å². The Hall–Kier alpha value is -1.39. The average Bonchev–Trinajstić information content (AvgIpc) is 2.41. The van der Waals surface area contributed by atoms with Crippen molar-refractivity contribution in [1.82, 2.24) is 5.32 Å². The van der Waals surface area contributed by atoms with Gasteiger partial charge in [-0.25, -0.2) is 4.79 Å². The smallest absolute Gasteiger partial charge is 0.330 e. The fourth-order valence-electron chi connectivity index (χ4n) is 2.23. The van der Waals surface area contributed by atoms with Crippen LogP contribution in [0.2, 0.25) is 0 Å². The van der Waals surface area contributed by atoms with Crippen LogP contribution in [-0.2, 0) is 19.8 Å². The van der Waals surface area contributed by atoms with Crippen molar-refractivity contribution in [3.63, 3.8) is 0 Å². The highest BCUT2D eigenvalue weighted by Crippen LogP contribution is 2.26. The number of nitrogens with one attached hydrogen (secondary N) is 1. The summed E-state index contributed by atoms with van der Waals surface area (Å²) < 4.78 is 10.3. The zero-order chi connectivity index (χ0) is 15.2. The molecule has 0 fully saturated rings. The average molecular weight is 279 g/mol. The van der Waals surface area contributed by atoms with E-state index in [9.17, 15) is 4.79 Å². The molecule has 1 N–H and O–H groups in total. The lowest BCUT2D eigenvalue weighted by Gasteiger charge is -2.30. The molecule has 0 radical (unpaired) electrons. The SMILES string of the molecule is CCOC(=O)C(C)(NCCOC)c1cc(C)ccc1C. The second-order valence-electron chi connectivity index (χ2n) is 5.08. The maximum absolute atomic E-state index is 12.4. The predicted octanol–water partition coefficient (Wildman–Crippen LogP) is 2.32. The highest BCUT2D eigenvalue weighted by Gasteiger charge is 2.37. The summed E-state index contributed by atoms with van der Waals surface area (Å²) in [5.41, 5.74) is 2.28. The maximum Gasteiger partial charge on any atom is 0.330 e. The van der Waals surface area contributed by atoms with Crippen LogP contribution < -0.4 is 5.32 Å². The number of benzene rings is 1. The molecular weight excluding hydrogens is 254 g/mol. The molecule has 1 atom stereocenters.